The van der Waals surface area contributed by atoms with Crippen LogP contribution in [0.15, 0.2) is 22.6 Å². The van der Waals surface area contributed by atoms with Crippen LogP contribution in [0.1, 0.15) is 62.8 Å². The summed E-state index contributed by atoms with van der Waals surface area (Å²) in [5.74, 6) is -0.187. The Morgan fingerprint density at radius 2 is 1.94 bits per heavy atom. The molecule has 3 rings (SSSR count). The zero-order chi connectivity index (χ0) is 24.3. The molecule has 8 nitrogen and oxygen atoms in total. The van der Waals surface area contributed by atoms with Gasteiger partial charge < -0.3 is 23.9 Å². The lowest BCUT2D eigenvalue weighted by Crippen LogP contribution is -2.34. The van der Waals surface area contributed by atoms with Crippen LogP contribution in [0.3, 0.4) is 0 Å². The molecule has 1 aromatic heterocycles. The SMILES string of the molecule is CC(NC(=O)OC(C)(C)C)c1oc(-c2ccc(OC(F)F)c(OCC3CC3)c2)nc1C(=O)F. The van der Waals surface area contributed by atoms with Crippen LogP contribution in [-0.2, 0) is 4.74 Å². The number of aromatic nitrogens is 1. The van der Waals surface area contributed by atoms with Gasteiger partial charge >= 0.3 is 18.7 Å². The number of oxazole rings is 1. The van der Waals surface area contributed by atoms with Gasteiger partial charge in [-0.05, 0) is 64.7 Å². The van der Waals surface area contributed by atoms with E-state index in [-0.39, 0.29) is 28.7 Å². The van der Waals surface area contributed by atoms with E-state index < -0.39 is 36.1 Å². The first-order chi connectivity index (χ1) is 15.4. The molecule has 1 aromatic carbocycles. The van der Waals surface area contributed by atoms with Gasteiger partial charge in [0.25, 0.3) is 0 Å². The van der Waals surface area contributed by atoms with Crippen LogP contribution in [0, 0.1) is 5.92 Å². The van der Waals surface area contributed by atoms with Crippen molar-refractivity contribution in [3.8, 4) is 23.0 Å². The van der Waals surface area contributed by atoms with E-state index in [1.807, 2.05) is 0 Å². The first-order valence-corrected chi connectivity index (χ1v) is 10.3. The summed E-state index contributed by atoms with van der Waals surface area (Å²) in [7, 11) is 0. The average Bonchev–Trinajstić information content (AvgIpc) is 3.40. The predicted octanol–water partition coefficient (Wildman–Crippen LogP) is 5.43. The lowest BCUT2D eigenvalue weighted by atomic mass is 10.2. The maximum absolute atomic E-state index is 13.7. The molecule has 0 spiro atoms. The van der Waals surface area contributed by atoms with Crippen LogP contribution in [0.4, 0.5) is 18.0 Å². The largest absolute Gasteiger partial charge is 0.489 e. The summed E-state index contributed by atoms with van der Waals surface area (Å²) in [5, 5.41) is 2.45. The molecule has 0 saturated heterocycles. The number of alkyl carbamates (subject to hydrolysis) is 1. The minimum absolute atomic E-state index is 0.0347. The number of carbonyl (C=O) groups is 2. The third-order valence-electron chi connectivity index (χ3n) is 4.54. The van der Waals surface area contributed by atoms with Crippen LogP contribution in [0.2, 0.25) is 0 Å². The topological polar surface area (TPSA) is 99.9 Å². The molecular formula is C22H25F3N2O6. The Kier molecular flexibility index (Phi) is 7.19. The monoisotopic (exact) mass is 470 g/mol. The van der Waals surface area contributed by atoms with E-state index in [0.717, 1.165) is 12.8 Å². The number of rotatable bonds is 9. The molecule has 0 radical (unpaired) electrons. The summed E-state index contributed by atoms with van der Waals surface area (Å²) in [6.07, 6.45) is 1.17. The number of halogens is 3. The van der Waals surface area contributed by atoms with Crippen LogP contribution >= 0.6 is 0 Å². The van der Waals surface area contributed by atoms with Gasteiger partial charge in [0.2, 0.25) is 5.89 Å². The number of benzene rings is 1. The van der Waals surface area contributed by atoms with E-state index in [2.05, 4.69) is 15.0 Å². The van der Waals surface area contributed by atoms with Crippen molar-refractivity contribution in [1.82, 2.24) is 10.3 Å². The summed E-state index contributed by atoms with van der Waals surface area (Å²) in [5.41, 5.74) is -1.16. The number of hydrogen-bond donors (Lipinski definition) is 1. The van der Waals surface area contributed by atoms with Crippen LogP contribution in [0.25, 0.3) is 11.5 Å². The Morgan fingerprint density at radius 1 is 1.24 bits per heavy atom. The molecule has 33 heavy (non-hydrogen) atoms. The summed E-state index contributed by atoms with van der Waals surface area (Å²) >= 11 is 0. The van der Waals surface area contributed by atoms with Gasteiger partial charge in [-0.25, -0.2) is 9.78 Å². The molecule has 1 heterocycles. The van der Waals surface area contributed by atoms with Crippen molar-refractivity contribution in [3.05, 3.63) is 29.7 Å². The minimum atomic E-state index is -3.05. The Bertz CT molecular complexity index is 1010. The molecule has 2 aromatic rings. The van der Waals surface area contributed by atoms with Gasteiger partial charge in [-0.2, -0.15) is 13.2 Å². The third kappa shape index (κ3) is 6.87. The molecule has 1 unspecified atom stereocenters. The molecule has 1 aliphatic rings. The predicted molar refractivity (Wildman–Crippen MR) is 110 cm³/mol. The first-order valence-electron chi connectivity index (χ1n) is 10.3. The molecule has 1 fully saturated rings. The van der Waals surface area contributed by atoms with Gasteiger partial charge in [0.05, 0.1) is 12.6 Å². The van der Waals surface area contributed by atoms with Crippen LogP contribution in [0.5, 0.6) is 11.5 Å². The number of amides is 1. The fourth-order valence-corrected chi connectivity index (χ4v) is 2.88. The highest BCUT2D eigenvalue weighted by molar-refractivity contribution is 5.88. The fraction of sp³-hybridized carbons (Fsp3) is 0.500. The van der Waals surface area contributed by atoms with Crippen molar-refractivity contribution in [2.24, 2.45) is 5.92 Å². The molecule has 1 atom stereocenters. The van der Waals surface area contributed by atoms with Gasteiger partial charge in [0.15, 0.2) is 23.0 Å². The van der Waals surface area contributed by atoms with Crippen molar-refractivity contribution in [3.63, 3.8) is 0 Å². The summed E-state index contributed by atoms with van der Waals surface area (Å²) in [6, 6.07) is 1.14. The van der Waals surface area contributed by atoms with Crippen LogP contribution in [-0.4, -0.2) is 35.9 Å². The zero-order valence-corrected chi connectivity index (χ0v) is 18.6. The highest BCUT2D eigenvalue weighted by Crippen LogP contribution is 2.37. The number of nitrogens with zero attached hydrogens (tertiary/aromatic N) is 1. The normalized spacial score (nSPS) is 14.7. The van der Waals surface area contributed by atoms with E-state index in [4.69, 9.17) is 13.9 Å². The quantitative estimate of drug-likeness (QED) is 0.488. The highest BCUT2D eigenvalue weighted by atomic mass is 19.3. The second kappa shape index (κ2) is 9.72. The number of carbonyl (C=O) groups excluding carboxylic acids is 2. The molecule has 0 bridgehead atoms. The number of alkyl halides is 2. The Balaban J connectivity index is 1.88. The molecule has 1 aliphatic carbocycles. The molecule has 0 aliphatic heterocycles. The van der Waals surface area contributed by atoms with E-state index in [1.54, 1.807) is 20.8 Å². The Labute approximate surface area is 188 Å². The maximum atomic E-state index is 13.7. The van der Waals surface area contributed by atoms with Gasteiger partial charge in [-0.3, -0.25) is 4.79 Å². The zero-order valence-electron chi connectivity index (χ0n) is 18.6. The smallest absolute Gasteiger partial charge is 0.408 e. The van der Waals surface area contributed by atoms with Gasteiger partial charge in [0.1, 0.15) is 5.60 Å². The van der Waals surface area contributed by atoms with Crippen molar-refractivity contribution in [2.75, 3.05) is 6.61 Å². The summed E-state index contributed by atoms with van der Waals surface area (Å²) in [6.45, 7) is 3.75. The average molecular weight is 470 g/mol. The van der Waals surface area contributed by atoms with E-state index in [1.165, 1.54) is 25.1 Å². The van der Waals surface area contributed by atoms with E-state index >= 15 is 0 Å². The molecular weight excluding hydrogens is 445 g/mol. The lowest BCUT2D eigenvalue weighted by molar-refractivity contribution is -0.0515. The third-order valence-corrected chi connectivity index (χ3v) is 4.54. The second-order valence-corrected chi connectivity index (χ2v) is 8.67. The van der Waals surface area contributed by atoms with Crippen molar-refractivity contribution in [2.45, 2.75) is 58.8 Å². The minimum Gasteiger partial charge on any atom is -0.489 e. The van der Waals surface area contributed by atoms with Crippen molar-refractivity contribution >= 4 is 12.1 Å². The summed E-state index contributed by atoms with van der Waals surface area (Å²) < 4.78 is 60.0. The van der Waals surface area contributed by atoms with Crippen LogP contribution < -0.4 is 14.8 Å². The molecule has 1 saturated carbocycles. The molecule has 1 N–H and O–H groups in total. The van der Waals surface area contributed by atoms with E-state index in [9.17, 15) is 22.8 Å². The Hall–Kier alpha value is -3.24. The number of nitrogens with one attached hydrogen (secondary N) is 1. The number of ether oxygens (including phenoxy) is 3. The van der Waals surface area contributed by atoms with E-state index in [0.29, 0.717) is 12.5 Å². The summed E-state index contributed by atoms with van der Waals surface area (Å²) in [4.78, 5) is 27.4. The Morgan fingerprint density at radius 3 is 2.52 bits per heavy atom. The highest BCUT2D eigenvalue weighted by Gasteiger charge is 2.28. The van der Waals surface area contributed by atoms with Crippen molar-refractivity contribution in [1.29, 1.82) is 0 Å². The molecule has 1 amide bonds. The second-order valence-electron chi connectivity index (χ2n) is 8.67. The van der Waals surface area contributed by atoms with Crippen molar-refractivity contribution < 1.29 is 41.4 Å². The lowest BCUT2D eigenvalue weighted by Gasteiger charge is -2.21. The fourth-order valence-electron chi connectivity index (χ4n) is 2.88. The van der Waals surface area contributed by atoms with Gasteiger partial charge in [-0.15, -0.1) is 0 Å². The number of hydrogen-bond acceptors (Lipinski definition) is 7. The van der Waals surface area contributed by atoms with Gasteiger partial charge in [-0.1, -0.05) is 0 Å². The standard InChI is InChI=1S/C22H25F3N2O6/c1-11(26-21(29)33-22(2,3)4)17-16(18(23)28)27-19(32-17)13-7-8-14(31-20(24)25)15(9-13)30-10-12-5-6-12/h7-9,11-12,20H,5-6,10H2,1-4H3,(H,26,29). The van der Waals surface area contributed by atoms with Gasteiger partial charge in [0, 0.05) is 5.56 Å². The molecule has 11 heteroatoms. The maximum Gasteiger partial charge on any atom is 0.408 e. The molecule has 180 valence electrons. The first kappa shape index (κ1) is 24.4.